The Morgan fingerprint density at radius 3 is 2.55 bits per heavy atom. The lowest BCUT2D eigenvalue weighted by Gasteiger charge is -2.37. The van der Waals surface area contributed by atoms with E-state index in [1.807, 2.05) is 6.20 Å². The molecule has 2 aliphatic carbocycles. The van der Waals surface area contributed by atoms with Crippen LogP contribution >= 0.6 is 11.3 Å². The number of nitrogens with one attached hydrogen (secondary N) is 1. The lowest BCUT2D eigenvalue weighted by atomic mass is 9.89. The summed E-state index contributed by atoms with van der Waals surface area (Å²) in [6, 6.07) is 1.06. The number of rotatable bonds is 4. The van der Waals surface area contributed by atoms with Crippen molar-refractivity contribution in [3.63, 3.8) is 0 Å². The third-order valence-corrected chi connectivity index (χ3v) is 5.65. The van der Waals surface area contributed by atoms with E-state index in [-0.39, 0.29) is 5.79 Å². The molecule has 3 aliphatic rings. The molecule has 5 heteroatoms. The lowest BCUT2D eigenvalue weighted by Crippen LogP contribution is -2.43. The highest BCUT2D eigenvalue weighted by molar-refractivity contribution is 7.09. The van der Waals surface area contributed by atoms with Crippen LogP contribution in [0.4, 0.5) is 0 Å². The van der Waals surface area contributed by atoms with Crippen molar-refractivity contribution in [1.82, 2.24) is 10.3 Å². The van der Waals surface area contributed by atoms with E-state index < -0.39 is 0 Å². The SMILES string of the molecule is c1csc([C@H](NC2CCC3(CC2)OCCO3)C2CC2)n1. The van der Waals surface area contributed by atoms with Gasteiger partial charge in [-0.15, -0.1) is 11.3 Å². The lowest BCUT2D eigenvalue weighted by molar-refractivity contribution is -0.179. The molecule has 1 aliphatic heterocycles. The highest BCUT2D eigenvalue weighted by Gasteiger charge is 2.42. The second-order valence-electron chi connectivity index (χ2n) is 6.23. The minimum Gasteiger partial charge on any atom is -0.348 e. The van der Waals surface area contributed by atoms with Crippen LogP contribution in [0.15, 0.2) is 11.6 Å². The van der Waals surface area contributed by atoms with Crippen molar-refractivity contribution in [2.24, 2.45) is 5.92 Å². The molecule has 2 saturated carbocycles. The van der Waals surface area contributed by atoms with Crippen LogP contribution in [0.25, 0.3) is 0 Å². The average Bonchev–Trinajstić information content (AvgIpc) is 2.99. The van der Waals surface area contributed by atoms with Crippen LogP contribution in [0.1, 0.15) is 49.6 Å². The maximum absolute atomic E-state index is 5.81. The molecule has 0 radical (unpaired) electrons. The molecule has 4 nitrogen and oxygen atoms in total. The average molecular weight is 294 g/mol. The van der Waals surface area contributed by atoms with Crippen LogP contribution in [0.5, 0.6) is 0 Å². The largest absolute Gasteiger partial charge is 0.348 e. The highest BCUT2D eigenvalue weighted by atomic mass is 32.1. The van der Waals surface area contributed by atoms with Crippen molar-refractivity contribution in [1.29, 1.82) is 0 Å². The van der Waals surface area contributed by atoms with Crippen LogP contribution in [-0.4, -0.2) is 30.0 Å². The van der Waals surface area contributed by atoms with Gasteiger partial charge in [0.2, 0.25) is 0 Å². The van der Waals surface area contributed by atoms with E-state index in [1.54, 1.807) is 11.3 Å². The first kappa shape index (κ1) is 13.2. The van der Waals surface area contributed by atoms with Gasteiger partial charge in [0.1, 0.15) is 5.01 Å². The normalized spacial score (nSPS) is 28.0. The topological polar surface area (TPSA) is 43.4 Å². The van der Waals surface area contributed by atoms with Gasteiger partial charge < -0.3 is 14.8 Å². The first-order chi connectivity index (χ1) is 9.85. The molecule has 2 heterocycles. The Morgan fingerprint density at radius 1 is 1.20 bits per heavy atom. The summed E-state index contributed by atoms with van der Waals surface area (Å²) in [6.45, 7) is 1.53. The fourth-order valence-corrected chi connectivity index (χ4v) is 4.28. The highest BCUT2D eigenvalue weighted by Crippen LogP contribution is 2.43. The van der Waals surface area contributed by atoms with Crippen LogP contribution in [-0.2, 0) is 9.47 Å². The molecule has 0 unspecified atom stereocenters. The van der Waals surface area contributed by atoms with Gasteiger partial charge in [-0.05, 0) is 31.6 Å². The van der Waals surface area contributed by atoms with Gasteiger partial charge in [0.25, 0.3) is 0 Å². The van der Waals surface area contributed by atoms with Gasteiger partial charge in [-0.1, -0.05) is 0 Å². The van der Waals surface area contributed by atoms with Gasteiger partial charge in [0.05, 0.1) is 19.3 Å². The Labute approximate surface area is 123 Å². The standard InChI is InChI=1S/C15H22N2O2S/c1-2-11(1)13(14-16-7-10-20-14)17-12-3-5-15(6-4-12)18-8-9-19-15/h7,10-13,17H,1-6,8-9H2/t13-/m1/s1. The quantitative estimate of drug-likeness (QED) is 0.927. The summed E-state index contributed by atoms with van der Waals surface area (Å²) in [7, 11) is 0. The maximum Gasteiger partial charge on any atom is 0.168 e. The van der Waals surface area contributed by atoms with E-state index in [4.69, 9.17) is 9.47 Å². The van der Waals surface area contributed by atoms with Gasteiger partial charge in [-0.25, -0.2) is 4.98 Å². The summed E-state index contributed by atoms with van der Waals surface area (Å²) in [5, 5.41) is 7.21. The number of hydrogen-bond donors (Lipinski definition) is 1. The number of nitrogens with zero attached hydrogens (tertiary/aromatic N) is 1. The van der Waals surface area contributed by atoms with Gasteiger partial charge in [0.15, 0.2) is 5.79 Å². The van der Waals surface area contributed by atoms with Gasteiger partial charge in [-0.3, -0.25) is 0 Å². The van der Waals surface area contributed by atoms with Crippen molar-refractivity contribution >= 4 is 11.3 Å². The zero-order chi connectivity index (χ0) is 13.4. The summed E-state index contributed by atoms with van der Waals surface area (Å²) in [4.78, 5) is 4.52. The summed E-state index contributed by atoms with van der Waals surface area (Å²) >= 11 is 1.78. The van der Waals surface area contributed by atoms with Gasteiger partial charge >= 0.3 is 0 Å². The third-order valence-electron chi connectivity index (χ3n) is 4.79. The maximum atomic E-state index is 5.81. The summed E-state index contributed by atoms with van der Waals surface area (Å²) in [5.74, 6) is 0.560. The zero-order valence-corrected chi connectivity index (χ0v) is 12.5. The molecular weight excluding hydrogens is 272 g/mol. The van der Waals surface area contributed by atoms with Crippen LogP contribution in [0.3, 0.4) is 0 Å². The summed E-state index contributed by atoms with van der Waals surface area (Å²) in [5.41, 5.74) is 0. The molecule has 20 heavy (non-hydrogen) atoms. The van der Waals surface area contributed by atoms with E-state index in [2.05, 4.69) is 15.7 Å². The van der Waals surface area contributed by atoms with E-state index in [0.717, 1.165) is 44.8 Å². The van der Waals surface area contributed by atoms with Crippen molar-refractivity contribution in [3.05, 3.63) is 16.6 Å². The summed E-state index contributed by atoms with van der Waals surface area (Å²) in [6.07, 6.45) is 8.97. The molecule has 1 atom stereocenters. The number of hydrogen-bond acceptors (Lipinski definition) is 5. The van der Waals surface area contributed by atoms with E-state index in [0.29, 0.717) is 12.1 Å². The molecule has 0 bridgehead atoms. The minimum atomic E-state index is -0.242. The van der Waals surface area contributed by atoms with Gasteiger partial charge in [0, 0.05) is 30.5 Å². The first-order valence-corrected chi connectivity index (χ1v) is 8.66. The van der Waals surface area contributed by atoms with E-state index in [1.165, 1.54) is 17.8 Å². The smallest absolute Gasteiger partial charge is 0.168 e. The molecule has 3 fully saturated rings. The number of aromatic nitrogens is 1. The van der Waals surface area contributed by atoms with Crippen molar-refractivity contribution in [2.75, 3.05) is 13.2 Å². The molecular formula is C15H22N2O2S. The van der Waals surface area contributed by atoms with Gasteiger partial charge in [-0.2, -0.15) is 0 Å². The number of thiazole rings is 1. The fourth-order valence-electron chi connectivity index (χ4n) is 3.49. The van der Waals surface area contributed by atoms with Crippen LogP contribution < -0.4 is 5.32 Å². The molecule has 1 saturated heterocycles. The molecule has 1 N–H and O–H groups in total. The predicted molar refractivity (Wildman–Crippen MR) is 77.6 cm³/mol. The predicted octanol–water partition coefficient (Wildman–Crippen LogP) is 2.87. The van der Waals surface area contributed by atoms with Crippen molar-refractivity contribution < 1.29 is 9.47 Å². The molecule has 1 aromatic rings. The second kappa shape index (κ2) is 5.37. The molecule has 0 amide bonds. The van der Waals surface area contributed by atoms with Crippen LogP contribution in [0.2, 0.25) is 0 Å². The number of ether oxygens (including phenoxy) is 2. The first-order valence-electron chi connectivity index (χ1n) is 7.78. The molecule has 110 valence electrons. The zero-order valence-electron chi connectivity index (χ0n) is 11.7. The second-order valence-corrected chi connectivity index (χ2v) is 7.16. The molecule has 1 spiro atoms. The fraction of sp³-hybridized carbons (Fsp3) is 0.800. The Kier molecular flexibility index (Phi) is 3.54. The Hall–Kier alpha value is -0.490. The Morgan fingerprint density at radius 2 is 1.95 bits per heavy atom. The molecule has 0 aromatic carbocycles. The van der Waals surface area contributed by atoms with Crippen molar-refractivity contribution in [2.45, 2.75) is 56.4 Å². The summed E-state index contributed by atoms with van der Waals surface area (Å²) < 4.78 is 11.6. The monoisotopic (exact) mass is 294 g/mol. The van der Waals surface area contributed by atoms with Crippen LogP contribution in [0, 0.1) is 5.92 Å². The van der Waals surface area contributed by atoms with E-state index >= 15 is 0 Å². The Bertz CT molecular complexity index is 431. The van der Waals surface area contributed by atoms with Crippen molar-refractivity contribution in [3.8, 4) is 0 Å². The minimum absolute atomic E-state index is 0.242. The third kappa shape index (κ3) is 2.64. The molecule has 4 rings (SSSR count). The Balaban J connectivity index is 1.37. The molecule has 1 aromatic heterocycles. The van der Waals surface area contributed by atoms with E-state index in [9.17, 15) is 0 Å².